The van der Waals surface area contributed by atoms with E-state index >= 15 is 0 Å². The highest BCUT2D eigenvalue weighted by Crippen LogP contribution is 2.47. The Morgan fingerprint density at radius 2 is 2.00 bits per heavy atom. The van der Waals surface area contributed by atoms with Crippen LogP contribution in [0.15, 0.2) is 24.3 Å². The van der Waals surface area contributed by atoms with Crippen LogP contribution in [-0.4, -0.2) is 19.0 Å². The van der Waals surface area contributed by atoms with Crippen molar-refractivity contribution >= 4 is 5.91 Å². The van der Waals surface area contributed by atoms with Gasteiger partial charge in [-0.2, -0.15) is 0 Å². The van der Waals surface area contributed by atoms with Crippen molar-refractivity contribution in [2.45, 2.75) is 19.3 Å². The van der Waals surface area contributed by atoms with Gasteiger partial charge in [-0.15, -0.1) is 0 Å². The summed E-state index contributed by atoms with van der Waals surface area (Å²) >= 11 is 0. The summed E-state index contributed by atoms with van der Waals surface area (Å²) in [7, 11) is 0. The number of carbonyl (C=O) groups is 1. The zero-order valence-electron chi connectivity index (χ0n) is 9.71. The maximum absolute atomic E-state index is 12.7. The fourth-order valence-corrected chi connectivity index (χ4v) is 1.97. The van der Waals surface area contributed by atoms with Crippen molar-refractivity contribution in [3.8, 4) is 0 Å². The molecular weight excluding hydrogens is 219 g/mol. The Bertz CT molecular complexity index is 398. The molecule has 0 spiro atoms. The molecule has 0 saturated heterocycles. The van der Waals surface area contributed by atoms with E-state index in [1.807, 2.05) is 0 Å². The second-order valence-corrected chi connectivity index (χ2v) is 4.73. The highest BCUT2D eigenvalue weighted by molar-refractivity contribution is 5.94. The molecule has 3 nitrogen and oxygen atoms in total. The Balaban J connectivity index is 1.87. The zero-order valence-corrected chi connectivity index (χ0v) is 9.71. The number of hydrogen-bond acceptors (Lipinski definition) is 2. The van der Waals surface area contributed by atoms with E-state index in [2.05, 4.69) is 5.32 Å². The molecule has 0 atom stereocenters. The minimum atomic E-state index is -0.330. The largest absolute Gasteiger partial charge is 0.351 e. The number of carbonyl (C=O) groups excluding carboxylic acids is 1. The lowest BCUT2D eigenvalue weighted by Crippen LogP contribution is -2.31. The summed E-state index contributed by atoms with van der Waals surface area (Å²) in [6, 6.07) is 5.57. The van der Waals surface area contributed by atoms with Crippen LogP contribution in [0.4, 0.5) is 4.39 Å². The highest BCUT2D eigenvalue weighted by atomic mass is 19.1. The normalized spacial score (nSPS) is 16.6. The highest BCUT2D eigenvalue weighted by Gasteiger charge is 2.41. The number of nitrogens with two attached hydrogens (primary N) is 1. The Kier molecular flexibility index (Phi) is 3.43. The monoisotopic (exact) mass is 236 g/mol. The van der Waals surface area contributed by atoms with E-state index in [-0.39, 0.29) is 17.1 Å². The van der Waals surface area contributed by atoms with Gasteiger partial charge in [0.2, 0.25) is 0 Å². The Labute approximate surface area is 100 Å². The van der Waals surface area contributed by atoms with Gasteiger partial charge in [-0.3, -0.25) is 4.79 Å². The summed E-state index contributed by atoms with van der Waals surface area (Å²) in [5.41, 5.74) is 6.26. The fourth-order valence-electron chi connectivity index (χ4n) is 1.97. The molecule has 1 fully saturated rings. The lowest BCUT2D eigenvalue weighted by molar-refractivity contribution is 0.0944. The summed E-state index contributed by atoms with van der Waals surface area (Å²) in [6.45, 7) is 1.33. The molecule has 0 unspecified atom stereocenters. The van der Waals surface area contributed by atoms with Gasteiger partial charge in [-0.05, 0) is 55.5 Å². The van der Waals surface area contributed by atoms with E-state index in [1.54, 1.807) is 0 Å². The van der Waals surface area contributed by atoms with Gasteiger partial charge in [0.15, 0.2) is 0 Å². The van der Waals surface area contributed by atoms with Gasteiger partial charge in [0.1, 0.15) is 5.82 Å². The molecule has 1 aliphatic carbocycles. The molecule has 0 aromatic heterocycles. The van der Waals surface area contributed by atoms with Gasteiger partial charge < -0.3 is 11.1 Å². The van der Waals surface area contributed by atoms with E-state index in [9.17, 15) is 9.18 Å². The lowest BCUT2D eigenvalue weighted by Gasteiger charge is -2.14. The first-order valence-electron chi connectivity index (χ1n) is 5.89. The molecule has 0 radical (unpaired) electrons. The maximum atomic E-state index is 12.7. The smallest absolute Gasteiger partial charge is 0.251 e. The van der Waals surface area contributed by atoms with E-state index < -0.39 is 0 Å². The third-order valence-electron chi connectivity index (χ3n) is 3.36. The average Bonchev–Trinajstić information content (AvgIpc) is 3.08. The molecule has 1 aromatic carbocycles. The van der Waals surface area contributed by atoms with Gasteiger partial charge in [0.25, 0.3) is 5.91 Å². The standard InChI is InChI=1S/C13H17FN2O/c14-11-3-1-10(2-4-11)12(17)16-9-13(5-6-13)7-8-15/h1-4H,5-9,15H2,(H,16,17). The summed E-state index contributed by atoms with van der Waals surface area (Å²) in [4.78, 5) is 11.8. The molecule has 1 saturated carbocycles. The third-order valence-corrected chi connectivity index (χ3v) is 3.36. The van der Waals surface area contributed by atoms with Gasteiger partial charge in [0.05, 0.1) is 0 Å². The summed E-state index contributed by atoms with van der Waals surface area (Å²) in [5, 5.41) is 2.89. The first kappa shape index (κ1) is 12.0. The molecular formula is C13H17FN2O. The third kappa shape index (κ3) is 3.03. The topological polar surface area (TPSA) is 55.1 Å². The number of amides is 1. The van der Waals surface area contributed by atoms with Crippen molar-refractivity contribution in [3.05, 3.63) is 35.6 Å². The van der Waals surface area contributed by atoms with E-state index in [0.29, 0.717) is 18.7 Å². The number of halogens is 1. The van der Waals surface area contributed by atoms with Crippen molar-refractivity contribution in [2.24, 2.45) is 11.1 Å². The maximum Gasteiger partial charge on any atom is 0.251 e. The van der Waals surface area contributed by atoms with Gasteiger partial charge in [-0.1, -0.05) is 0 Å². The number of benzene rings is 1. The average molecular weight is 236 g/mol. The summed E-state index contributed by atoms with van der Waals surface area (Å²) in [6.07, 6.45) is 3.22. The Morgan fingerprint density at radius 3 is 2.53 bits per heavy atom. The molecule has 0 heterocycles. The van der Waals surface area contributed by atoms with Crippen molar-refractivity contribution in [3.63, 3.8) is 0 Å². The molecule has 17 heavy (non-hydrogen) atoms. The van der Waals surface area contributed by atoms with Gasteiger partial charge in [-0.25, -0.2) is 4.39 Å². The van der Waals surface area contributed by atoms with Crippen molar-refractivity contribution in [1.82, 2.24) is 5.32 Å². The van der Waals surface area contributed by atoms with Gasteiger partial charge in [0, 0.05) is 12.1 Å². The zero-order chi connectivity index (χ0) is 12.3. The van der Waals surface area contributed by atoms with Crippen LogP contribution in [0, 0.1) is 11.2 Å². The first-order valence-corrected chi connectivity index (χ1v) is 5.89. The van der Waals surface area contributed by atoms with Crippen LogP contribution in [0.1, 0.15) is 29.6 Å². The van der Waals surface area contributed by atoms with Crippen LogP contribution >= 0.6 is 0 Å². The Morgan fingerprint density at radius 1 is 1.35 bits per heavy atom. The second kappa shape index (κ2) is 4.84. The molecule has 0 bridgehead atoms. The number of hydrogen-bond donors (Lipinski definition) is 2. The van der Waals surface area contributed by atoms with Crippen LogP contribution in [-0.2, 0) is 0 Å². The number of nitrogens with one attached hydrogen (secondary N) is 1. The van der Waals surface area contributed by atoms with Crippen LogP contribution in [0.25, 0.3) is 0 Å². The summed E-state index contributed by atoms with van der Waals surface area (Å²) < 4.78 is 12.7. The lowest BCUT2D eigenvalue weighted by atomic mass is 10.0. The van der Waals surface area contributed by atoms with Crippen molar-refractivity contribution < 1.29 is 9.18 Å². The van der Waals surface area contributed by atoms with Crippen LogP contribution < -0.4 is 11.1 Å². The first-order chi connectivity index (χ1) is 8.15. The molecule has 2 rings (SSSR count). The molecule has 1 aromatic rings. The van der Waals surface area contributed by atoms with E-state index in [1.165, 1.54) is 24.3 Å². The molecule has 92 valence electrons. The predicted molar refractivity (Wildman–Crippen MR) is 64.1 cm³/mol. The summed E-state index contributed by atoms with van der Waals surface area (Å²) in [5.74, 6) is -0.475. The van der Waals surface area contributed by atoms with Crippen LogP contribution in [0.2, 0.25) is 0 Å². The van der Waals surface area contributed by atoms with Crippen molar-refractivity contribution in [2.75, 3.05) is 13.1 Å². The van der Waals surface area contributed by atoms with Crippen LogP contribution in [0.3, 0.4) is 0 Å². The van der Waals surface area contributed by atoms with Crippen LogP contribution in [0.5, 0.6) is 0 Å². The number of rotatable bonds is 5. The molecule has 3 N–H and O–H groups in total. The molecule has 1 amide bonds. The second-order valence-electron chi connectivity index (χ2n) is 4.73. The fraction of sp³-hybridized carbons (Fsp3) is 0.462. The van der Waals surface area contributed by atoms with E-state index in [4.69, 9.17) is 5.73 Å². The minimum absolute atomic E-state index is 0.145. The molecule has 4 heteroatoms. The predicted octanol–water partition coefficient (Wildman–Crippen LogP) is 1.68. The van der Waals surface area contributed by atoms with E-state index in [0.717, 1.165) is 19.3 Å². The van der Waals surface area contributed by atoms with Gasteiger partial charge >= 0.3 is 0 Å². The Hall–Kier alpha value is -1.42. The minimum Gasteiger partial charge on any atom is -0.351 e. The molecule has 1 aliphatic rings. The van der Waals surface area contributed by atoms with Crippen molar-refractivity contribution in [1.29, 1.82) is 0 Å². The quantitative estimate of drug-likeness (QED) is 0.817. The molecule has 0 aliphatic heterocycles. The SMILES string of the molecule is NCCC1(CNC(=O)c2ccc(F)cc2)CC1.